The van der Waals surface area contributed by atoms with E-state index in [1.165, 1.54) is 11.3 Å². The largest absolute Gasteiger partial charge is 0.319 e. The van der Waals surface area contributed by atoms with Gasteiger partial charge in [0.15, 0.2) is 0 Å². The summed E-state index contributed by atoms with van der Waals surface area (Å²) in [5.74, 6) is 0.272. The van der Waals surface area contributed by atoms with Crippen molar-refractivity contribution >= 4 is 22.9 Å². The number of carbonyl (C=O) groups is 1. The van der Waals surface area contributed by atoms with Gasteiger partial charge in [-0.1, -0.05) is 0 Å². The van der Waals surface area contributed by atoms with E-state index in [2.05, 4.69) is 25.4 Å². The van der Waals surface area contributed by atoms with Crippen molar-refractivity contribution in [1.82, 2.24) is 24.7 Å². The Hall–Kier alpha value is -2.61. The van der Waals surface area contributed by atoms with Crippen LogP contribution in [0.25, 0.3) is 5.95 Å². The maximum Gasteiger partial charge on any atom is 0.267 e. The van der Waals surface area contributed by atoms with Crippen LogP contribution >= 0.6 is 11.3 Å². The predicted molar refractivity (Wildman–Crippen MR) is 88.2 cm³/mol. The standard InChI is InChI=1S/C15H16N6OS/c1-8-9(2)20-21(11(8)4)15-16-5-12(6-17-15)19-14(22)13-10(3)18-7-23-13/h5-7H,1-4H3,(H,19,22). The van der Waals surface area contributed by atoms with E-state index in [4.69, 9.17) is 0 Å². The molecule has 0 atom stereocenters. The highest BCUT2D eigenvalue weighted by atomic mass is 32.1. The topological polar surface area (TPSA) is 85.6 Å². The first kappa shape index (κ1) is 15.3. The van der Waals surface area contributed by atoms with Gasteiger partial charge in [-0.25, -0.2) is 19.6 Å². The van der Waals surface area contributed by atoms with Gasteiger partial charge in [0, 0.05) is 5.69 Å². The van der Waals surface area contributed by atoms with Crippen LogP contribution in [0.5, 0.6) is 0 Å². The van der Waals surface area contributed by atoms with Crippen molar-refractivity contribution in [1.29, 1.82) is 0 Å². The molecule has 0 spiro atoms. The van der Waals surface area contributed by atoms with Gasteiger partial charge in [-0.05, 0) is 33.3 Å². The molecule has 0 bridgehead atoms. The molecule has 0 aliphatic heterocycles. The molecule has 0 fully saturated rings. The van der Waals surface area contributed by atoms with Crippen LogP contribution in [-0.4, -0.2) is 30.6 Å². The third kappa shape index (κ3) is 2.85. The van der Waals surface area contributed by atoms with Crippen LogP contribution in [0.3, 0.4) is 0 Å². The molecule has 3 rings (SSSR count). The number of hydrogen-bond acceptors (Lipinski definition) is 6. The molecule has 1 N–H and O–H groups in total. The number of hydrogen-bond donors (Lipinski definition) is 1. The summed E-state index contributed by atoms with van der Waals surface area (Å²) in [5, 5.41) is 7.19. The summed E-state index contributed by atoms with van der Waals surface area (Å²) < 4.78 is 1.70. The summed E-state index contributed by atoms with van der Waals surface area (Å²) >= 11 is 1.31. The zero-order chi connectivity index (χ0) is 16.6. The van der Waals surface area contributed by atoms with Gasteiger partial charge in [0.1, 0.15) is 4.88 Å². The number of rotatable bonds is 3. The quantitative estimate of drug-likeness (QED) is 0.799. The fourth-order valence-corrected chi connectivity index (χ4v) is 2.82. The summed E-state index contributed by atoms with van der Waals surface area (Å²) in [5.41, 5.74) is 5.96. The minimum atomic E-state index is -0.205. The van der Waals surface area contributed by atoms with Crippen molar-refractivity contribution in [3.05, 3.63) is 45.4 Å². The molecule has 0 radical (unpaired) electrons. The molecule has 1 amide bonds. The molecule has 3 heterocycles. The molecular weight excluding hydrogens is 312 g/mol. The Bertz CT molecular complexity index is 865. The van der Waals surface area contributed by atoms with Gasteiger partial charge >= 0.3 is 0 Å². The van der Waals surface area contributed by atoms with Crippen LogP contribution in [0.2, 0.25) is 0 Å². The highest BCUT2D eigenvalue weighted by molar-refractivity contribution is 7.12. The summed E-state index contributed by atoms with van der Waals surface area (Å²) in [6.45, 7) is 7.74. The lowest BCUT2D eigenvalue weighted by Gasteiger charge is -2.06. The molecule has 3 aromatic heterocycles. The lowest BCUT2D eigenvalue weighted by molar-refractivity contribution is 0.102. The lowest BCUT2D eigenvalue weighted by atomic mass is 10.2. The van der Waals surface area contributed by atoms with Gasteiger partial charge in [0.25, 0.3) is 11.9 Å². The van der Waals surface area contributed by atoms with E-state index in [0.717, 1.165) is 17.0 Å². The third-order valence-electron chi connectivity index (χ3n) is 3.69. The maximum absolute atomic E-state index is 12.1. The molecular formula is C15H16N6OS. The van der Waals surface area contributed by atoms with E-state index in [9.17, 15) is 4.79 Å². The van der Waals surface area contributed by atoms with Crippen LogP contribution in [0, 0.1) is 27.7 Å². The van der Waals surface area contributed by atoms with Gasteiger partial charge < -0.3 is 5.32 Å². The van der Waals surface area contributed by atoms with E-state index in [1.54, 1.807) is 29.5 Å². The second-order valence-corrected chi connectivity index (χ2v) is 6.06. The average molecular weight is 328 g/mol. The molecule has 118 valence electrons. The summed E-state index contributed by atoms with van der Waals surface area (Å²) in [6.07, 6.45) is 3.14. The van der Waals surface area contributed by atoms with Crippen LogP contribution in [0.1, 0.15) is 32.3 Å². The van der Waals surface area contributed by atoms with Gasteiger partial charge in [-0.3, -0.25) is 4.79 Å². The average Bonchev–Trinajstić information content (AvgIpc) is 3.07. The van der Waals surface area contributed by atoms with Crippen molar-refractivity contribution < 1.29 is 4.79 Å². The Morgan fingerprint density at radius 1 is 1.09 bits per heavy atom. The minimum absolute atomic E-state index is 0.205. The van der Waals surface area contributed by atoms with Crippen LogP contribution in [0.4, 0.5) is 5.69 Å². The van der Waals surface area contributed by atoms with Crippen molar-refractivity contribution in [2.24, 2.45) is 0 Å². The van der Waals surface area contributed by atoms with Crippen molar-refractivity contribution in [2.75, 3.05) is 5.32 Å². The Kier molecular flexibility index (Phi) is 3.91. The zero-order valence-corrected chi connectivity index (χ0v) is 14.1. The van der Waals surface area contributed by atoms with E-state index < -0.39 is 0 Å². The lowest BCUT2D eigenvalue weighted by Crippen LogP contribution is -2.13. The van der Waals surface area contributed by atoms with E-state index in [1.807, 2.05) is 20.8 Å². The number of thiazole rings is 1. The molecule has 7 nitrogen and oxygen atoms in total. The molecule has 0 unspecified atom stereocenters. The van der Waals surface area contributed by atoms with E-state index in [0.29, 0.717) is 22.2 Å². The highest BCUT2D eigenvalue weighted by Crippen LogP contribution is 2.17. The summed E-state index contributed by atoms with van der Waals surface area (Å²) in [4.78, 5) is 25.4. The predicted octanol–water partition coefficient (Wildman–Crippen LogP) is 2.60. The summed E-state index contributed by atoms with van der Waals surface area (Å²) in [7, 11) is 0. The number of nitrogens with zero attached hydrogens (tertiary/aromatic N) is 5. The van der Waals surface area contributed by atoms with Gasteiger partial charge in [0.05, 0.1) is 35.0 Å². The Balaban J connectivity index is 1.81. The van der Waals surface area contributed by atoms with Crippen molar-refractivity contribution in [2.45, 2.75) is 27.7 Å². The monoisotopic (exact) mass is 328 g/mol. The fraction of sp³-hybridized carbons (Fsp3) is 0.267. The van der Waals surface area contributed by atoms with E-state index >= 15 is 0 Å². The SMILES string of the molecule is Cc1ncsc1C(=O)Nc1cnc(-n2nc(C)c(C)c2C)nc1. The number of nitrogens with one attached hydrogen (secondary N) is 1. The van der Waals surface area contributed by atoms with Crippen LogP contribution in [0.15, 0.2) is 17.9 Å². The molecule has 0 aromatic carbocycles. The molecule has 0 aliphatic carbocycles. The Morgan fingerprint density at radius 2 is 1.78 bits per heavy atom. The number of amides is 1. The fourth-order valence-electron chi connectivity index (χ4n) is 2.12. The van der Waals surface area contributed by atoms with Crippen molar-refractivity contribution in [3.63, 3.8) is 0 Å². The summed E-state index contributed by atoms with van der Waals surface area (Å²) in [6, 6.07) is 0. The maximum atomic E-state index is 12.1. The molecule has 0 saturated heterocycles. The first-order valence-corrected chi connectivity index (χ1v) is 7.92. The second kappa shape index (κ2) is 5.88. The first-order valence-electron chi connectivity index (χ1n) is 7.04. The Labute approximate surface area is 137 Å². The zero-order valence-electron chi connectivity index (χ0n) is 13.3. The van der Waals surface area contributed by atoms with Gasteiger partial charge in [-0.2, -0.15) is 5.10 Å². The number of anilines is 1. The first-order chi connectivity index (χ1) is 11.0. The normalized spacial score (nSPS) is 10.8. The highest BCUT2D eigenvalue weighted by Gasteiger charge is 2.14. The minimum Gasteiger partial charge on any atom is -0.319 e. The molecule has 23 heavy (non-hydrogen) atoms. The Morgan fingerprint density at radius 3 is 2.30 bits per heavy atom. The van der Waals surface area contributed by atoms with Crippen LogP contribution < -0.4 is 5.32 Å². The molecule has 0 saturated carbocycles. The third-order valence-corrected chi connectivity index (χ3v) is 4.62. The molecule has 0 aliphatic rings. The molecule has 8 heteroatoms. The van der Waals surface area contributed by atoms with Gasteiger partial charge in [-0.15, -0.1) is 11.3 Å². The van der Waals surface area contributed by atoms with Crippen LogP contribution in [-0.2, 0) is 0 Å². The number of carbonyl (C=O) groups excluding carboxylic acids is 1. The van der Waals surface area contributed by atoms with Crippen molar-refractivity contribution in [3.8, 4) is 5.95 Å². The second-order valence-electron chi connectivity index (χ2n) is 5.20. The number of aryl methyl sites for hydroxylation is 2. The van der Waals surface area contributed by atoms with Gasteiger partial charge in [0.2, 0.25) is 0 Å². The smallest absolute Gasteiger partial charge is 0.267 e. The van der Waals surface area contributed by atoms with E-state index in [-0.39, 0.29) is 5.91 Å². The number of aromatic nitrogens is 5. The molecule has 3 aromatic rings.